The zero-order valence-corrected chi connectivity index (χ0v) is 11.7. The first-order chi connectivity index (χ1) is 7.18. The molecule has 0 aliphatic carbocycles. The average molecular weight is 254 g/mol. The lowest BCUT2D eigenvalue weighted by Gasteiger charge is -2.20. The van der Waals surface area contributed by atoms with Crippen LogP contribution in [0.15, 0.2) is 0 Å². The number of hydrogen-bond donors (Lipinski definition) is 0. The second-order valence-corrected chi connectivity index (χ2v) is 6.25. The fourth-order valence-corrected chi connectivity index (χ4v) is 2.92. The quantitative estimate of drug-likeness (QED) is 0.437. The van der Waals surface area contributed by atoms with Crippen molar-refractivity contribution in [3.05, 3.63) is 0 Å². The third-order valence-electron chi connectivity index (χ3n) is 1.78. The monoisotopic (exact) mass is 254 g/mol. The highest BCUT2D eigenvalue weighted by Gasteiger charge is 2.19. The largest absolute Gasteiger partial charge is 0.327 e. The van der Waals surface area contributed by atoms with Crippen LogP contribution in [0.2, 0.25) is 0 Å². The molecule has 0 saturated carbocycles. The van der Waals surface area contributed by atoms with Crippen LogP contribution in [0.25, 0.3) is 0 Å². The molecule has 0 spiro atoms. The first kappa shape index (κ1) is 15.5. The second kappa shape index (κ2) is 9.73. The zero-order chi connectivity index (χ0) is 11.6. The van der Waals surface area contributed by atoms with E-state index < -0.39 is 6.72 Å². The van der Waals surface area contributed by atoms with Crippen molar-refractivity contribution in [2.75, 3.05) is 19.8 Å². The van der Waals surface area contributed by atoms with Crippen LogP contribution in [0.4, 0.5) is 0 Å². The maximum Gasteiger partial charge on any atom is 0.327 e. The summed E-state index contributed by atoms with van der Waals surface area (Å²) in [6.07, 6.45) is 4.19. The smallest absolute Gasteiger partial charge is 0.309 e. The van der Waals surface area contributed by atoms with Crippen LogP contribution in [0.1, 0.15) is 46.5 Å². The Hall–Kier alpha value is 0.530. The molecule has 5 heteroatoms. The van der Waals surface area contributed by atoms with Crippen molar-refractivity contribution < 1.29 is 13.6 Å². The van der Waals surface area contributed by atoms with E-state index in [0.717, 1.165) is 25.7 Å². The molecule has 0 atom stereocenters. The predicted octanol–water partition coefficient (Wildman–Crippen LogP) is 3.88. The van der Waals surface area contributed by atoms with Gasteiger partial charge in [-0.1, -0.05) is 26.7 Å². The van der Waals surface area contributed by atoms with E-state index in [1.54, 1.807) is 0 Å². The van der Waals surface area contributed by atoms with Crippen molar-refractivity contribution in [1.29, 1.82) is 0 Å². The summed E-state index contributed by atoms with van der Waals surface area (Å²) in [5.74, 6) is 0. The lowest BCUT2D eigenvalue weighted by molar-refractivity contribution is 0.159. The van der Waals surface area contributed by atoms with Gasteiger partial charge in [0, 0.05) is 0 Å². The summed E-state index contributed by atoms with van der Waals surface area (Å²) in [7, 11) is 0. The predicted molar refractivity (Wildman–Crippen MR) is 67.6 cm³/mol. The van der Waals surface area contributed by atoms with Gasteiger partial charge in [-0.25, -0.2) is 0 Å². The molecule has 0 bridgehead atoms. The minimum atomic E-state index is -2.45. The summed E-state index contributed by atoms with van der Waals surface area (Å²) >= 11 is 5.27. The maximum atomic E-state index is 5.54. The van der Waals surface area contributed by atoms with Crippen molar-refractivity contribution in [2.24, 2.45) is 0 Å². The van der Waals surface area contributed by atoms with Gasteiger partial charge in [-0.3, -0.25) is 0 Å². The van der Waals surface area contributed by atoms with Crippen LogP contribution in [0.3, 0.4) is 0 Å². The molecule has 0 aromatic rings. The lowest BCUT2D eigenvalue weighted by Crippen LogP contribution is -2.02. The molecular weight excluding hydrogens is 231 g/mol. The fraction of sp³-hybridized carbons (Fsp3) is 1.00. The summed E-state index contributed by atoms with van der Waals surface area (Å²) in [5, 5.41) is 0. The van der Waals surface area contributed by atoms with E-state index >= 15 is 0 Å². The normalized spacial score (nSPS) is 11.9. The van der Waals surface area contributed by atoms with Crippen LogP contribution in [0, 0.1) is 0 Å². The lowest BCUT2D eigenvalue weighted by atomic mass is 10.4. The van der Waals surface area contributed by atoms with E-state index in [4.69, 9.17) is 25.4 Å². The highest BCUT2D eigenvalue weighted by molar-refractivity contribution is 8.07. The van der Waals surface area contributed by atoms with E-state index in [1.165, 1.54) is 0 Å². The van der Waals surface area contributed by atoms with Gasteiger partial charge in [0.2, 0.25) is 0 Å². The van der Waals surface area contributed by atoms with Gasteiger partial charge in [0.1, 0.15) is 0 Å². The summed E-state index contributed by atoms with van der Waals surface area (Å²) in [4.78, 5) is 0. The van der Waals surface area contributed by atoms with Gasteiger partial charge >= 0.3 is 6.72 Å². The molecule has 0 aromatic heterocycles. The molecule has 0 N–H and O–H groups in total. The Kier molecular flexibility index (Phi) is 10.1. The Labute approximate surface area is 98.7 Å². The highest BCUT2D eigenvalue weighted by atomic mass is 32.5. The van der Waals surface area contributed by atoms with Crippen LogP contribution < -0.4 is 0 Å². The average Bonchev–Trinajstić information content (AvgIpc) is 2.19. The molecular formula is C10H23O3PS. The topological polar surface area (TPSA) is 27.7 Å². The standard InChI is InChI=1S/C10H23O3PS/c1-4-7-9-12-14(15,11-6-3)13-10-8-5-2/h4-10H2,1-3H3. The molecule has 0 aliphatic heterocycles. The Morgan fingerprint density at radius 1 is 0.867 bits per heavy atom. The SMILES string of the molecule is CCCCOP(=S)(OCC)OCCCC. The van der Waals surface area contributed by atoms with Crippen LogP contribution in [-0.2, 0) is 25.4 Å². The molecule has 0 amide bonds. The van der Waals surface area contributed by atoms with Crippen molar-refractivity contribution in [3.8, 4) is 0 Å². The fourth-order valence-electron chi connectivity index (χ4n) is 0.911. The minimum Gasteiger partial charge on any atom is -0.309 e. The van der Waals surface area contributed by atoms with E-state index in [-0.39, 0.29) is 0 Å². The van der Waals surface area contributed by atoms with Crippen LogP contribution in [-0.4, -0.2) is 19.8 Å². The van der Waals surface area contributed by atoms with Crippen LogP contribution in [0.5, 0.6) is 0 Å². The summed E-state index contributed by atoms with van der Waals surface area (Å²) in [6, 6.07) is 0. The van der Waals surface area contributed by atoms with E-state index in [0.29, 0.717) is 19.8 Å². The van der Waals surface area contributed by atoms with E-state index in [1.807, 2.05) is 6.92 Å². The molecule has 0 radical (unpaired) electrons. The van der Waals surface area contributed by atoms with Crippen molar-refractivity contribution in [3.63, 3.8) is 0 Å². The van der Waals surface area contributed by atoms with Crippen molar-refractivity contribution >= 4 is 18.5 Å². The van der Waals surface area contributed by atoms with Gasteiger partial charge in [0.25, 0.3) is 0 Å². The highest BCUT2D eigenvalue weighted by Crippen LogP contribution is 2.49. The summed E-state index contributed by atoms with van der Waals surface area (Å²) in [6.45, 7) is 5.53. The number of hydrogen-bond acceptors (Lipinski definition) is 4. The minimum absolute atomic E-state index is 0.551. The summed E-state index contributed by atoms with van der Waals surface area (Å²) < 4.78 is 16.5. The second-order valence-electron chi connectivity index (χ2n) is 3.24. The van der Waals surface area contributed by atoms with Gasteiger partial charge in [0.05, 0.1) is 19.8 Å². The zero-order valence-electron chi connectivity index (χ0n) is 10.0. The molecule has 92 valence electrons. The third kappa shape index (κ3) is 8.35. The summed E-state index contributed by atoms with van der Waals surface area (Å²) in [5.41, 5.74) is 0. The molecule has 0 rings (SSSR count). The molecule has 15 heavy (non-hydrogen) atoms. The van der Waals surface area contributed by atoms with Gasteiger partial charge in [-0.05, 0) is 31.6 Å². The van der Waals surface area contributed by atoms with Gasteiger partial charge < -0.3 is 13.6 Å². The van der Waals surface area contributed by atoms with Gasteiger partial charge in [-0.2, -0.15) is 0 Å². The molecule has 0 aromatic carbocycles. The van der Waals surface area contributed by atoms with E-state index in [2.05, 4.69) is 13.8 Å². The third-order valence-corrected chi connectivity index (χ3v) is 4.30. The van der Waals surface area contributed by atoms with Crippen molar-refractivity contribution in [1.82, 2.24) is 0 Å². The molecule has 0 heterocycles. The number of rotatable bonds is 10. The molecule has 0 unspecified atom stereocenters. The first-order valence-electron chi connectivity index (χ1n) is 5.72. The molecule has 0 saturated heterocycles. The Balaban J connectivity index is 3.89. The molecule has 0 fully saturated rings. The first-order valence-corrected chi connectivity index (χ1v) is 8.27. The maximum absolute atomic E-state index is 5.54. The number of unbranched alkanes of at least 4 members (excludes halogenated alkanes) is 2. The van der Waals surface area contributed by atoms with E-state index in [9.17, 15) is 0 Å². The Morgan fingerprint density at radius 3 is 1.67 bits per heavy atom. The Morgan fingerprint density at radius 2 is 1.33 bits per heavy atom. The van der Waals surface area contributed by atoms with Crippen LogP contribution >= 0.6 is 6.72 Å². The van der Waals surface area contributed by atoms with Crippen molar-refractivity contribution in [2.45, 2.75) is 46.5 Å². The molecule has 3 nitrogen and oxygen atoms in total. The Bertz CT molecular complexity index is 174. The molecule has 0 aliphatic rings. The van der Waals surface area contributed by atoms with Gasteiger partial charge in [0.15, 0.2) is 0 Å². The van der Waals surface area contributed by atoms with Gasteiger partial charge in [-0.15, -0.1) is 0 Å².